The van der Waals surface area contributed by atoms with E-state index in [-0.39, 0.29) is 5.97 Å². The fraction of sp³-hybridized carbons (Fsp3) is 0.909. The number of hydrogen-bond donors (Lipinski definition) is 0. The lowest BCUT2D eigenvalue weighted by molar-refractivity contribution is -0.189. The second kappa shape index (κ2) is 5.12. The number of esters is 1. The maximum Gasteiger partial charge on any atom is 0.306 e. The molecule has 0 aromatic rings. The summed E-state index contributed by atoms with van der Waals surface area (Å²) in [5.41, 5.74) is 0. The van der Waals surface area contributed by atoms with Crippen molar-refractivity contribution in [2.45, 2.75) is 25.0 Å². The molecule has 0 aromatic heterocycles. The Morgan fingerprint density at radius 2 is 2.19 bits per heavy atom. The van der Waals surface area contributed by atoms with Crippen molar-refractivity contribution in [3.63, 3.8) is 0 Å². The van der Waals surface area contributed by atoms with E-state index in [4.69, 9.17) is 9.47 Å². The van der Waals surface area contributed by atoms with Gasteiger partial charge in [-0.05, 0) is 13.0 Å². The van der Waals surface area contributed by atoms with E-state index < -0.39 is 5.79 Å². The molecule has 2 aliphatic heterocycles. The van der Waals surface area contributed by atoms with Crippen molar-refractivity contribution in [3.8, 4) is 0 Å². The molecule has 1 spiro atoms. The summed E-state index contributed by atoms with van der Waals surface area (Å²) in [6.45, 7) is 3.87. The lowest BCUT2D eigenvalue weighted by atomic mass is 10.0. The molecule has 2 saturated heterocycles. The molecule has 2 fully saturated rings. The summed E-state index contributed by atoms with van der Waals surface area (Å²) >= 11 is 0. The van der Waals surface area contributed by atoms with Crippen molar-refractivity contribution in [3.05, 3.63) is 0 Å². The van der Waals surface area contributed by atoms with Crippen LogP contribution in [-0.4, -0.2) is 56.6 Å². The van der Waals surface area contributed by atoms with Gasteiger partial charge in [0.25, 0.3) is 0 Å². The molecule has 0 amide bonds. The van der Waals surface area contributed by atoms with Gasteiger partial charge in [0.2, 0.25) is 0 Å². The van der Waals surface area contributed by atoms with Crippen LogP contribution in [-0.2, 0) is 19.0 Å². The third-order valence-corrected chi connectivity index (χ3v) is 3.17. The minimum Gasteiger partial charge on any atom is -0.469 e. The second-order valence-corrected chi connectivity index (χ2v) is 4.31. The molecule has 0 atom stereocenters. The summed E-state index contributed by atoms with van der Waals surface area (Å²) in [4.78, 5) is 13.3. The number of carbonyl (C=O) groups excluding carboxylic acids is 1. The highest BCUT2D eigenvalue weighted by Crippen LogP contribution is 2.29. The number of rotatable bonds is 3. The molecule has 2 aliphatic rings. The minimum absolute atomic E-state index is 0.159. The molecule has 5 nitrogen and oxygen atoms in total. The van der Waals surface area contributed by atoms with Crippen molar-refractivity contribution >= 4 is 5.97 Å². The van der Waals surface area contributed by atoms with E-state index in [0.717, 1.165) is 32.5 Å². The van der Waals surface area contributed by atoms with E-state index in [1.165, 1.54) is 7.11 Å². The van der Waals surface area contributed by atoms with E-state index in [9.17, 15) is 4.79 Å². The Hall–Kier alpha value is -0.650. The highest BCUT2D eigenvalue weighted by atomic mass is 16.7. The van der Waals surface area contributed by atoms with Gasteiger partial charge in [-0.3, -0.25) is 9.69 Å². The van der Waals surface area contributed by atoms with Crippen LogP contribution in [0.3, 0.4) is 0 Å². The van der Waals surface area contributed by atoms with Crippen LogP contribution < -0.4 is 0 Å². The molecule has 0 unspecified atom stereocenters. The Labute approximate surface area is 95.6 Å². The molecule has 92 valence electrons. The molecule has 0 aromatic carbocycles. The van der Waals surface area contributed by atoms with Crippen LogP contribution in [0.1, 0.15) is 19.3 Å². The summed E-state index contributed by atoms with van der Waals surface area (Å²) in [5.74, 6) is -0.554. The SMILES string of the molecule is COC(=O)CCN1CCCC2(C1)OCCO2. The summed E-state index contributed by atoms with van der Waals surface area (Å²) in [7, 11) is 1.42. The zero-order valence-corrected chi connectivity index (χ0v) is 9.74. The van der Waals surface area contributed by atoms with Crippen molar-refractivity contribution in [1.29, 1.82) is 0 Å². The maximum atomic E-state index is 11.1. The van der Waals surface area contributed by atoms with Crippen LogP contribution in [0.15, 0.2) is 0 Å². The molecule has 16 heavy (non-hydrogen) atoms. The van der Waals surface area contributed by atoms with E-state index in [1.807, 2.05) is 0 Å². The van der Waals surface area contributed by atoms with E-state index in [2.05, 4.69) is 9.64 Å². The predicted octanol–water partition coefficient (Wildman–Crippen LogP) is 0.388. The van der Waals surface area contributed by atoms with Gasteiger partial charge in [-0.15, -0.1) is 0 Å². The van der Waals surface area contributed by atoms with Gasteiger partial charge >= 0.3 is 5.97 Å². The first kappa shape index (κ1) is 11.8. The van der Waals surface area contributed by atoms with Crippen molar-refractivity contribution in [2.75, 3.05) is 40.0 Å². The van der Waals surface area contributed by atoms with Crippen LogP contribution in [0.5, 0.6) is 0 Å². The van der Waals surface area contributed by atoms with Crippen molar-refractivity contribution in [2.24, 2.45) is 0 Å². The number of hydrogen-bond acceptors (Lipinski definition) is 5. The van der Waals surface area contributed by atoms with Crippen molar-refractivity contribution < 1.29 is 19.0 Å². The number of ether oxygens (including phenoxy) is 3. The molecular weight excluding hydrogens is 210 g/mol. The third-order valence-electron chi connectivity index (χ3n) is 3.17. The Kier molecular flexibility index (Phi) is 3.78. The molecule has 0 bridgehead atoms. The highest BCUT2D eigenvalue weighted by Gasteiger charge is 2.40. The lowest BCUT2D eigenvalue weighted by Crippen LogP contribution is -2.49. The molecular formula is C11H19NO4. The second-order valence-electron chi connectivity index (χ2n) is 4.31. The first-order valence-electron chi connectivity index (χ1n) is 5.81. The highest BCUT2D eigenvalue weighted by molar-refractivity contribution is 5.69. The third kappa shape index (κ3) is 2.72. The average molecular weight is 229 g/mol. The quantitative estimate of drug-likeness (QED) is 0.655. The predicted molar refractivity (Wildman–Crippen MR) is 56.9 cm³/mol. The lowest BCUT2D eigenvalue weighted by Gasteiger charge is -2.38. The van der Waals surface area contributed by atoms with Crippen LogP contribution in [0.4, 0.5) is 0 Å². The Morgan fingerprint density at radius 3 is 2.88 bits per heavy atom. The van der Waals surface area contributed by atoms with E-state index in [0.29, 0.717) is 19.6 Å². The van der Waals surface area contributed by atoms with Crippen LogP contribution >= 0.6 is 0 Å². The van der Waals surface area contributed by atoms with Crippen LogP contribution in [0.25, 0.3) is 0 Å². The van der Waals surface area contributed by atoms with Gasteiger partial charge in [0, 0.05) is 13.0 Å². The van der Waals surface area contributed by atoms with E-state index in [1.54, 1.807) is 0 Å². The Balaban J connectivity index is 1.80. The van der Waals surface area contributed by atoms with Gasteiger partial charge < -0.3 is 14.2 Å². The molecule has 2 rings (SSSR count). The Bertz CT molecular complexity index is 250. The van der Waals surface area contributed by atoms with E-state index >= 15 is 0 Å². The summed E-state index contributed by atoms with van der Waals surface area (Å²) in [5, 5.41) is 0. The fourth-order valence-electron chi connectivity index (χ4n) is 2.35. The van der Waals surface area contributed by atoms with Crippen LogP contribution in [0.2, 0.25) is 0 Å². The normalized spacial score (nSPS) is 24.8. The van der Waals surface area contributed by atoms with Crippen molar-refractivity contribution in [1.82, 2.24) is 4.90 Å². The smallest absolute Gasteiger partial charge is 0.306 e. The summed E-state index contributed by atoms with van der Waals surface area (Å²) in [6.07, 6.45) is 2.45. The molecule has 0 radical (unpaired) electrons. The largest absolute Gasteiger partial charge is 0.469 e. The van der Waals surface area contributed by atoms with Gasteiger partial charge in [-0.1, -0.05) is 0 Å². The molecule has 2 heterocycles. The van der Waals surface area contributed by atoms with Gasteiger partial charge in [0.15, 0.2) is 5.79 Å². The monoisotopic (exact) mass is 229 g/mol. The molecule has 5 heteroatoms. The zero-order valence-electron chi connectivity index (χ0n) is 9.74. The summed E-state index contributed by atoms with van der Waals surface area (Å²) < 4.78 is 16.0. The van der Waals surface area contributed by atoms with Gasteiger partial charge in [0.1, 0.15) is 0 Å². The fourth-order valence-corrected chi connectivity index (χ4v) is 2.35. The average Bonchev–Trinajstić information content (AvgIpc) is 2.74. The topological polar surface area (TPSA) is 48.0 Å². The first-order valence-corrected chi connectivity index (χ1v) is 5.81. The van der Waals surface area contributed by atoms with Crippen LogP contribution in [0, 0.1) is 0 Å². The van der Waals surface area contributed by atoms with Gasteiger partial charge in [-0.2, -0.15) is 0 Å². The molecule has 0 N–H and O–H groups in total. The summed E-state index contributed by atoms with van der Waals surface area (Å²) in [6, 6.07) is 0. The zero-order chi connectivity index (χ0) is 11.4. The number of carbonyl (C=O) groups is 1. The number of methoxy groups -OCH3 is 1. The van der Waals surface area contributed by atoms with Gasteiger partial charge in [0.05, 0.1) is 33.3 Å². The minimum atomic E-state index is -0.394. The molecule has 0 saturated carbocycles. The standard InChI is InChI=1S/C11H19NO4/c1-14-10(13)3-6-12-5-2-4-11(9-12)15-7-8-16-11/h2-9H2,1H3. The first-order chi connectivity index (χ1) is 7.74. The number of nitrogens with zero attached hydrogens (tertiary/aromatic N) is 1. The van der Waals surface area contributed by atoms with Gasteiger partial charge in [-0.25, -0.2) is 0 Å². The molecule has 0 aliphatic carbocycles. The number of piperidine rings is 1. The maximum absolute atomic E-state index is 11.1. The Morgan fingerprint density at radius 1 is 1.44 bits per heavy atom. The number of likely N-dealkylation sites (tertiary alicyclic amines) is 1.